The van der Waals surface area contributed by atoms with Crippen LogP contribution in [0.3, 0.4) is 0 Å². The predicted octanol–water partition coefficient (Wildman–Crippen LogP) is 1.53. The Labute approximate surface area is 154 Å². The van der Waals surface area contributed by atoms with Crippen molar-refractivity contribution in [3.63, 3.8) is 0 Å². The first-order valence-corrected chi connectivity index (χ1v) is 9.21. The van der Waals surface area contributed by atoms with Gasteiger partial charge in [-0.25, -0.2) is 4.39 Å². The van der Waals surface area contributed by atoms with E-state index in [1.165, 1.54) is 17.0 Å². The Kier molecular flexibility index (Phi) is 6.75. The van der Waals surface area contributed by atoms with Gasteiger partial charge in [0.15, 0.2) is 0 Å². The summed E-state index contributed by atoms with van der Waals surface area (Å²) in [6.07, 6.45) is 1.01. The average Bonchev–Trinajstić information content (AvgIpc) is 2.68. The van der Waals surface area contributed by atoms with Gasteiger partial charge in [-0.05, 0) is 29.7 Å². The number of rotatable bonds is 7. The van der Waals surface area contributed by atoms with E-state index >= 15 is 0 Å². The van der Waals surface area contributed by atoms with E-state index in [4.69, 9.17) is 4.74 Å². The molecule has 138 valence electrons. The Morgan fingerprint density at radius 3 is 2.46 bits per heavy atom. The van der Waals surface area contributed by atoms with Gasteiger partial charge in [0.05, 0.1) is 13.2 Å². The standard InChI is InChI=1S/C21H25FN2O2/c22-19-9-6-17(7-10-19)8-11-21(25)23-20(18-4-2-1-3-5-18)16-24-12-14-26-15-13-24/h1-7,9-10,20H,8,11-16H2,(H,23,25)/p+1/t20-/m1/s1. The Bertz CT molecular complexity index is 685. The van der Waals surface area contributed by atoms with Gasteiger partial charge in [-0.15, -0.1) is 0 Å². The number of quaternary nitrogens is 1. The zero-order valence-corrected chi connectivity index (χ0v) is 14.9. The van der Waals surface area contributed by atoms with Crippen LogP contribution >= 0.6 is 0 Å². The molecule has 1 atom stereocenters. The van der Waals surface area contributed by atoms with Crippen LogP contribution in [-0.2, 0) is 16.0 Å². The largest absolute Gasteiger partial charge is 0.370 e. The normalized spacial score (nSPS) is 16.2. The summed E-state index contributed by atoms with van der Waals surface area (Å²) >= 11 is 0. The second kappa shape index (κ2) is 9.46. The number of ether oxygens (including phenoxy) is 1. The molecule has 4 nitrogen and oxygen atoms in total. The lowest BCUT2D eigenvalue weighted by Crippen LogP contribution is -3.14. The van der Waals surface area contributed by atoms with Crippen LogP contribution in [0.15, 0.2) is 54.6 Å². The van der Waals surface area contributed by atoms with E-state index in [0.29, 0.717) is 12.8 Å². The van der Waals surface area contributed by atoms with Gasteiger partial charge < -0.3 is 15.0 Å². The van der Waals surface area contributed by atoms with Crippen molar-refractivity contribution in [1.82, 2.24) is 5.32 Å². The average molecular weight is 357 g/mol. The summed E-state index contributed by atoms with van der Waals surface area (Å²) in [5, 5.41) is 3.19. The van der Waals surface area contributed by atoms with Crippen LogP contribution in [0.1, 0.15) is 23.6 Å². The maximum absolute atomic E-state index is 13.0. The van der Waals surface area contributed by atoms with Crippen molar-refractivity contribution in [3.05, 3.63) is 71.5 Å². The third kappa shape index (κ3) is 5.64. The number of aryl methyl sites for hydroxylation is 1. The SMILES string of the molecule is O=C(CCc1ccc(F)cc1)N[C@H](C[NH+]1CCOCC1)c1ccccc1. The molecule has 1 aliphatic heterocycles. The van der Waals surface area contributed by atoms with Crippen LogP contribution in [0.2, 0.25) is 0 Å². The number of carbonyl (C=O) groups is 1. The molecule has 1 fully saturated rings. The van der Waals surface area contributed by atoms with E-state index in [2.05, 4.69) is 17.4 Å². The summed E-state index contributed by atoms with van der Waals surface area (Å²) in [4.78, 5) is 13.9. The van der Waals surface area contributed by atoms with Crippen LogP contribution in [0.25, 0.3) is 0 Å². The number of hydrogen-bond acceptors (Lipinski definition) is 2. The third-order valence-electron chi connectivity index (χ3n) is 4.78. The highest BCUT2D eigenvalue weighted by Crippen LogP contribution is 2.12. The molecule has 0 saturated carbocycles. The molecule has 2 N–H and O–H groups in total. The minimum atomic E-state index is -0.254. The third-order valence-corrected chi connectivity index (χ3v) is 4.78. The summed E-state index contributed by atoms with van der Waals surface area (Å²) in [5.41, 5.74) is 2.10. The van der Waals surface area contributed by atoms with Crippen LogP contribution < -0.4 is 10.2 Å². The lowest BCUT2D eigenvalue weighted by atomic mass is 10.0. The highest BCUT2D eigenvalue weighted by Gasteiger charge is 2.22. The molecule has 1 saturated heterocycles. The van der Waals surface area contributed by atoms with E-state index < -0.39 is 0 Å². The Morgan fingerprint density at radius 2 is 1.77 bits per heavy atom. The van der Waals surface area contributed by atoms with Gasteiger partial charge in [-0.3, -0.25) is 4.79 Å². The quantitative estimate of drug-likeness (QED) is 0.789. The molecule has 1 amide bonds. The monoisotopic (exact) mass is 357 g/mol. The lowest BCUT2D eigenvalue weighted by molar-refractivity contribution is -0.909. The molecule has 0 aliphatic carbocycles. The second-order valence-electron chi connectivity index (χ2n) is 6.72. The summed E-state index contributed by atoms with van der Waals surface area (Å²) in [7, 11) is 0. The molecule has 0 aromatic heterocycles. The Morgan fingerprint density at radius 1 is 1.08 bits per heavy atom. The van der Waals surface area contributed by atoms with Crippen molar-refractivity contribution in [1.29, 1.82) is 0 Å². The minimum absolute atomic E-state index is 0.00924. The van der Waals surface area contributed by atoms with Gasteiger partial charge in [0.25, 0.3) is 0 Å². The van der Waals surface area contributed by atoms with E-state index in [9.17, 15) is 9.18 Å². The summed E-state index contributed by atoms with van der Waals surface area (Å²) in [6, 6.07) is 16.4. The van der Waals surface area contributed by atoms with E-state index in [-0.39, 0.29) is 17.8 Å². The van der Waals surface area contributed by atoms with Crippen LogP contribution in [-0.4, -0.2) is 38.8 Å². The van der Waals surface area contributed by atoms with Gasteiger partial charge in [0, 0.05) is 6.42 Å². The fraction of sp³-hybridized carbons (Fsp3) is 0.381. The highest BCUT2D eigenvalue weighted by molar-refractivity contribution is 5.76. The molecule has 1 heterocycles. The van der Waals surface area contributed by atoms with Crippen LogP contribution in [0.4, 0.5) is 4.39 Å². The van der Waals surface area contributed by atoms with Crippen LogP contribution in [0.5, 0.6) is 0 Å². The lowest BCUT2D eigenvalue weighted by Gasteiger charge is -2.28. The van der Waals surface area contributed by atoms with E-state index in [1.54, 1.807) is 12.1 Å². The maximum Gasteiger partial charge on any atom is 0.221 e. The van der Waals surface area contributed by atoms with Crippen molar-refractivity contribution in [2.45, 2.75) is 18.9 Å². The molecular formula is C21H26FN2O2+. The molecule has 2 aromatic carbocycles. The summed E-state index contributed by atoms with van der Waals surface area (Å²) in [6.45, 7) is 4.34. The van der Waals surface area contributed by atoms with Gasteiger partial charge in [0.2, 0.25) is 5.91 Å². The Balaban J connectivity index is 1.58. The molecular weight excluding hydrogens is 331 g/mol. The highest BCUT2D eigenvalue weighted by atomic mass is 19.1. The Hall–Kier alpha value is -2.24. The van der Waals surface area contributed by atoms with Crippen molar-refractivity contribution in [2.24, 2.45) is 0 Å². The van der Waals surface area contributed by atoms with Crippen molar-refractivity contribution < 1.29 is 18.8 Å². The molecule has 5 heteroatoms. The maximum atomic E-state index is 13.0. The first kappa shape index (κ1) is 18.5. The van der Waals surface area contributed by atoms with E-state index in [0.717, 1.165) is 44.0 Å². The number of nitrogens with one attached hydrogen (secondary N) is 2. The minimum Gasteiger partial charge on any atom is -0.370 e. The smallest absolute Gasteiger partial charge is 0.221 e. The number of halogens is 1. The molecule has 0 spiro atoms. The van der Waals surface area contributed by atoms with Crippen molar-refractivity contribution in [3.8, 4) is 0 Å². The summed E-state index contributed by atoms with van der Waals surface area (Å²) < 4.78 is 18.4. The molecule has 0 radical (unpaired) electrons. The fourth-order valence-corrected chi connectivity index (χ4v) is 3.27. The number of hydrogen-bond donors (Lipinski definition) is 2. The van der Waals surface area contributed by atoms with Crippen LogP contribution in [0, 0.1) is 5.82 Å². The molecule has 3 rings (SSSR count). The molecule has 0 unspecified atom stereocenters. The molecule has 2 aromatic rings. The number of carbonyl (C=O) groups excluding carboxylic acids is 1. The topological polar surface area (TPSA) is 42.8 Å². The van der Waals surface area contributed by atoms with Gasteiger partial charge >= 0.3 is 0 Å². The second-order valence-corrected chi connectivity index (χ2v) is 6.72. The van der Waals surface area contributed by atoms with Gasteiger partial charge in [0.1, 0.15) is 31.5 Å². The van der Waals surface area contributed by atoms with Gasteiger partial charge in [-0.2, -0.15) is 0 Å². The van der Waals surface area contributed by atoms with Crippen molar-refractivity contribution in [2.75, 3.05) is 32.8 Å². The zero-order valence-electron chi connectivity index (χ0n) is 14.9. The number of amides is 1. The fourth-order valence-electron chi connectivity index (χ4n) is 3.27. The number of morpholine rings is 1. The molecule has 1 aliphatic rings. The van der Waals surface area contributed by atoms with Gasteiger partial charge in [-0.1, -0.05) is 42.5 Å². The number of benzene rings is 2. The first-order valence-electron chi connectivity index (χ1n) is 9.21. The predicted molar refractivity (Wildman–Crippen MR) is 98.4 cm³/mol. The molecule has 26 heavy (non-hydrogen) atoms. The zero-order chi connectivity index (χ0) is 18.2. The summed E-state index contributed by atoms with van der Waals surface area (Å²) in [5.74, 6) is -0.230. The van der Waals surface area contributed by atoms with Crippen molar-refractivity contribution >= 4 is 5.91 Å². The van der Waals surface area contributed by atoms with E-state index in [1.807, 2.05) is 18.2 Å². The first-order chi connectivity index (χ1) is 12.7. The molecule has 0 bridgehead atoms.